The van der Waals surface area contributed by atoms with Crippen molar-refractivity contribution >= 4 is 43.2 Å². The molecule has 0 bridgehead atoms. The number of hydrogen-bond donors (Lipinski definition) is 1. The number of nitrogens with zero attached hydrogens (tertiary/aromatic N) is 1. The van der Waals surface area contributed by atoms with Crippen LogP contribution in [-0.4, -0.2) is 20.4 Å². The molecule has 138 valence electrons. The first-order valence-electron chi connectivity index (χ1n) is 7.70. The average molecular weight is 445 g/mol. The Balaban J connectivity index is 2.15. The van der Waals surface area contributed by atoms with Gasteiger partial charge in [0.15, 0.2) is 0 Å². The van der Waals surface area contributed by atoms with Gasteiger partial charge < -0.3 is 4.90 Å². The van der Waals surface area contributed by atoms with E-state index in [1.54, 1.807) is 6.07 Å². The van der Waals surface area contributed by atoms with Gasteiger partial charge in [0.05, 0.1) is 11.4 Å². The summed E-state index contributed by atoms with van der Waals surface area (Å²) in [5, 5.41) is 0. The second-order valence-electron chi connectivity index (χ2n) is 6.08. The monoisotopic (exact) mass is 444 g/mol. The number of anilines is 2. The molecule has 2 aromatic carbocycles. The third-order valence-electron chi connectivity index (χ3n) is 4.12. The summed E-state index contributed by atoms with van der Waals surface area (Å²) in [4.78, 5) is 13.3. The van der Waals surface area contributed by atoms with Gasteiger partial charge in [0.25, 0.3) is 10.0 Å². The quantitative estimate of drug-likeness (QED) is 0.781. The second kappa shape index (κ2) is 6.62. The molecule has 5 nitrogen and oxygen atoms in total. The van der Waals surface area contributed by atoms with E-state index in [9.17, 15) is 22.0 Å². The first-order valence-corrected chi connectivity index (χ1v) is 9.98. The Morgan fingerprint density at radius 3 is 2.62 bits per heavy atom. The highest BCUT2D eigenvalue weighted by molar-refractivity contribution is 9.10. The molecular weight excluding hydrogens is 430 g/mol. The second-order valence-corrected chi connectivity index (χ2v) is 8.65. The number of nitrogens with one attached hydrogen (secondary N) is 1. The fourth-order valence-corrected chi connectivity index (χ4v) is 5.11. The summed E-state index contributed by atoms with van der Waals surface area (Å²) >= 11 is 3.27. The number of halogens is 3. The zero-order valence-corrected chi connectivity index (χ0v) is 16.3. The molecule has 1 aliphatic rings. The number of fused-ring (bicyclic) bond motifs is 1. The molecule has 1 N–H and O–H groups in total. The Kier molecular flexibility index (Phi) is 4.78. The lowest BCUT2D eigenvalue weighted by Crippen LogP contribution is -2.34. The zero-order chi connectivity index (χ0) is 19.2. The fraction of sp³-hybridized carbons (Fsp3) is 0.235. The van der Waals surface area contributed by atoms with Gasteiger partial charge in [0, 0.05) is 23.5 Å². The highest BCUT2D eigenvalue weighted by Crippen LogP contribution is 2.40. The Morgan fingerprint density at radius 1 is 1.27 bits per heavy atom. The molecule has 0 fully saturated rings. The summed E-state index contributed by atoms with van der Waals surface area (Å²) in [5.74, 6) is -1.98. The molecule has 1 aliphatic heterocycles. The molecule has 0 saturated carbocycles. The van der Waals surface area contributed by atoms with E-state index >= 15 is 0 Å². The van der Waals surface area contributed by atoms with Crippen molar-refractivity contribution in [2.45, 2.75) is 31.2 Å². The van der Waals surface area contributed by atoms with Crippen molar-refractivity contribution in [2.75, 3.05) is 9.62 Å². The maximum Gasteiger partial charge on any atom is 0.264 e. The van der Waals surface area contributed by atoms with E-state index in [4.69, 9.17) is 0 Å². The largest absolute Gasteiger partial charge is 0.308 e. The van der Waals surface area contributed by atoms with Crippen LogP contribution in [0.1, 0.15) is 19.4 Å². The molecule has 3 rings (SSSR count). The molecule has 1 unspecified atom stereocenters. The highest BCUT2D eigenvalue weighted by Gasteiger charge is 2.35. The van der Waals surface area contributed by atoms with Crippen molar-refractivity contribution in [2.24, 2.45) is 0 Å². The van der Waals surface area contributed by atoms with Gasteiger partial charge in [-0.25, -0.2) is 17.2 Å². The van der Waals surface area contributed by atoms with Gasteiger partial charge in [-0.3, -0.25) is 9.52 Å². The molecule has 9 heteroatoms. The van der Waals surface area contributed by atoms with Crippen LogP contribution in [0.5, 0.6) is 0 Å². The topological polar surface area (TPSA) is 66.5 Å². The third kappa shape index (κ3) is 3.33. The Morgan fingerprint density at radius 2 is 1.96 bits per heavy atom. The maximum absolute atomic E-state index is 13.9. The molecule has 26 heavy (non-hydrogen) atoms. The molecule has 0 aromatic heterocycles. The summed E-state index contributed by atoms with van der Waals surface area (Å²) in [5.41, 5.74) is 0.443. The number of amides is 1. The molecule has 1 atom stereocenters. The van der Waals surface area contributed by atoms with Crippen LogP contribution in [0.3, 0.4) is 0 Å². The molecule has 2 aromatic rings. The highest BCUT2D eigenvalue weighted by atomic mass is 79.9. The number of rotatable bonds is 3. The summed E-state index contributed by atoms with van der Waals surface area (Å²) < 4.78 is 55.6. The summed E-state index contributed by atoms with van der Waals surface area (Å²) in [7, 11) is -4.27. The van der Waals surface area contributed by atoms with E-state index in [0.29, 0.717) is 16.5 Å². The van der Waals surface area contributed by atoms with Gasteiger partial charge in [-0.15, -0.1) is 0 Å². The van der Waals surface area contributed by atoms with E-state index in [2.05, 4.69) is 20.7 Å². The minimum Gasteiger partial charge on any atom is -0.308 e. The van der Waals surface area contributed by atoms with Crippen LogP contribution in [0.2, 0.25) is 0 Å². The van der Waals surface area contributed by atoms with Crippen LogP contribution in [0.15, 0.2) is 39.7 Å². The van der Waals surface area contributed by atoms with Crippen molar-refractivity contribution in [1.82, 2.24) is 0 Å². The number of hydrogen-bond acceptors (Lipinski definition) is 3. The smallest absolute Gasteiger partial charge is 0.264 e. The average Bonchev–Trinajstić information content (AvgIpc) is 2.85. The Labute approximate surface area is 158 Å². The van der Waals surface area contributed by atoms with Crippen molar-refractivity contribution in [3.05, 3.63) is 52.0 Å². The predicted octanol–water partition coefficient (Wildman–Crippen LogP) is 3.83. The van der Waals surface area contributed by atoms with E-state index in [-0.39, 0.29) is 22.5 Å². The maximum atomic E-state index is 13.9. The molecule has 1 amide bonds. The van der Waals surface area contributed by atoms with Crippen molar-refractivity contribution in [3.63, 3.8) is 0 Å². The van der Waals surface area contributed by atoms with E-state index in [1.807, 2.05) is 6.92 Å². The van der Waals surface area contributed by atoms with Crippen molar-refractivity contribution in [3.8, 4) is 0 Å². The number of benzene rings is 2. The van der Waals surface area contributed by atoms with Gasteiger partial charge in [0.1, 0.15) is 16.5 Å². The first kappa shape index (κ1) is 18.8. The number of sulfonamides is 1. The summed E-state index contributed by atoms with van der Waals surface area (Å²) in [6, 6.07) is 5.36. The molecule has 0 saturated heterocycles. The normalized spacial score (nSPS) is 16.5. The standard InChI is InChI=1S/C17H15BrF2N2O3S/c1-9-5-11-6-12(18)7-16(17(11)22(9)10(2)23)26(24,25)21-15-8-13(19)3-4-14(15)20/h3-4,6-9,21H,5H2,1-2H3. The van der Waals surface area contributed by atoms with Crippen LogP contribution in [-0.2, 0) is 21.2 Å². The molecule has 0 spiro atoms. The van der Waals surface area contributed by atoms with Crippen LogP contribution in [0.4, 0.5) is 20.2 Å². The van der Waals surface area contributed by atoms with Crippen LogP contribution >= 0.6 is 15.9 Å². The Bertz CT molecular complexity index is 1010. The molecule has 1 heterocycles. The SMILES string of the molecule is CC(=O)N1c2c(cc(Br)cc2S(=O)(=O)Nc2cc(F)ccc2F)CC1C. The van der Waals surface area contributed by atoms with Crippen molar-refractivity contribution < 1.29 is 22.0 Å². The van der Waals surface area contributed by atoms with Gasteiger partial charge in [-0.2, -0.15) is 0 Å². The minimum atomic E-state index is -4.27. The van der Waals surface area contributed by atoms with Gasteiger partial charge in [0.2, 0.25) is 5.91 Å². The first-order chi connectivity index (χ1) is 12.1. The van der Waals surface area contributed by atoms with Gasteiger partial charge in [-0.05, 0) is 43.2 Å². The Hall–Kier alpha value is -2.00. The van der Waals surface area contributed by atoms with Crippen LogP contribution < -0.4 is 9.62 Å². The third-order valence-corrected chi connectivity index (χ3v) is 5.95. The summed E-state index contributed by atoms with van der Waals surface area (Å²) in [6.45, 7) is 3.16. The van der Waals surface area contributed by atoms with Crippen LogP contribution in [0, 0.1) is 11.6 Å². The van der Waals surface area contributed by atoms with Crippen LogP contribution in [0.25, 0.3) is 0 Å². The molecular formula is C17H15BrF2N2O3S. The number of carbonyl (C=O) groups excluding carboxylic acids is 1. The van der Waals surface area contributed by atoms with E-state index in [0.717, 1.165) is 18.2 Å². The van der Waals surface area contributed by atoms with Crippen molar-refractivity contribution in [1.29, 1.82) is 0 Å². The minimum absolute atomic E-state index is 0.176. The van der Waals surface area contributed by atoms with Gasteiger partial charge >= 0.3 is 0 Å². The van der Waals surface area contributed by atoms with E-state index < -0.39 is 27.3 Å². The zero-order valence-electron chi connectivity index (χ0n) is 13.9. The lowest BCUT2D eigenvalue weighted by Gasteiger charge is -2.23. The lowest BCUT2D eigenvalue weighted by molar-refractivity contribution is -0.116. The van der Waals surface area contributed by atoms with Gasteiger partial charge in [-0.1, -0.05) is 15.9 Å². The molecule has 0 aliphatic carbocycles. The summed E-state index contributed by atoms with van der Waals surface area (Å²) in [6.07, 6.45) is 0.491. The molecule has 0 radical (unpaired) electrons. The number of carbonyl (C=O) groups is 1. The lowest BCUT2D eigenvalue weighted by atomic mass is 10.1. The predicted molar refractivity (Wildman–Crippen MR) is 97.6 cm³/mol. The van der Waals surface area contributed by atoms with E-state index in [1.165, 1.54) is 17.9 Å². The fourth-order valence-electron chi connectivity index (χ4n) is 3.14.